The van der Waals surface area contributed by atoms with E-state index in [4.69, 9.17) is 9.47 Å². The normalized spacial score (nSPS) is 11.5. The number of carbonyl (C=O) groups is 1. The van der Waals surface area contributed by atoms with Gasteiger partial charge in [0.1, 0.15) is 5.75 Å². The van der Waals surface area contributed by atoms with Crippen molar-refractivity contribution in [1.82, 2.24) is 5.32 Å². The van der Waals surface area contributed by atoms with Crippen molar-refractivity contribution in [2.45, 2.75) is 26.8 Å². The molecule has 7 heteroatoms. The molecule has 0 spiro atoms. The lowest BCUT2D eigenvalue weighted by atomic mass is 10.0. The Balaban J connectivity index is 2.00. The number of rotatable bonds is 7. The molecule has 26 heavy (non-hydrogen) atoms. The Kier molecular flexibility index (Phi) is 6.16. The quantitative estimate of drug-likeness (QED) is 0.604. The van der Waals surface area contributed by atoms with E-state index in [2.05, 4.69) is 5.32 Å². The van der Waals surface area contributed by atoms with Gasteiger partial charge in [0.05, 0.1) is 24.1 Å². The molecule has 2 aromatic rings. The third-order valence-electron chi connectivity index (χ3n) is 4.13. The molecule has 2 rings (SSSR count). The summed E-state index contributed by atoms with van der Waals surface area (Å²) in [6, 6.07) is 10.00. The number of hydrogen-bond donors (Lipinski definition) is 1. The highest BCUT2D eigenvalue weighted by atomic mass is 16.6. The van der Waals surface area contributed by atoms with Crippen LogP contribution >= 0.6 is 0 Å². The van der Waals surface area contributed by atoms with E-state index in [9.17, 15) is 14.9 Å². The largest absolute Gasteiger partial charge is 0.496 e. The number of nitro benzene ring substituents is 1. The minimum absolute atomic E-state index is 0.0183. The summed E-state index contributed by atoms with van der Waals surface area (Å²) in [7, 11) is 1.42. The maximum Gasteiger partial charge on any atom is 0.314 e. The average molecular weight is 358 g/mol. The molecule has 138 valence electrons. The van der Waals surface area contributed by atoms with E-state index < -0.39 is 4.92 Å². The van der Waals surface area contributed by atoms with Crippen molar-refractivity contribution in [2.24, 2.45) is 0 Å². The Morgan fingerprint density at radius 3 is 2.54 bits per heavy atom. The number of hydrogen-bond acceptors (Lipinski definition) is 5. The number of nitrogens with one attached hydrogen (secondary N) is 1. The van der Waals surface area contributed by atoms with Gasteiger partial charge in [-0.3, -0.25) is 14.9 Å². The summed E-state index contributed by atoms with van der Waals surface area (Å²) in [5.41, 5.74) is 3.06. The van der Waals surface area contributed by atoms with E-state index in [-0.39, 0.29) is 30.0 Å². The number of nitro groups is 1. The van der Waals surface area contributed by atoms with Crippen LogP contribution in [0.15, 0.2) is 36.4 Å². The lowest BCUT2D eigenvalue weighted by Crippen LogP contribution is -2.31. The molecule has 0 saturated heterocycles. The molecule has 0 heterocycles. The first-order valence-corrected chi connectivity index (χ1v) is 8.13. The molecule has 0 aliphatic heterocycles. The number of methoxy groups -OCH3 is 1. The number of carbonyl (C=O) groups excluding carboxylic acids is 1. The minimum atomic E-state index is -0.576. The van der Waals surface area contributed by atoms with Gasteiger partial charge in [0.25, 0.3) is 5.91 Å². The van der Waals surface area contributed by atoms with Crippen molar-refractivity contribution in [3.05, 3.63) is 63.2 Å². The van der Waals surface area contributed by atoms with Gasteiger partial charge in [-0.1, -0.05) is 18.2 Å². The van der Waals surface area contributed by atoms with Crippen LogP contribution in [0.25, 0.3) is 0 Å². The van der Waals surface area contributed by atoms with Crippen molar-refractivity contribution in [2.75, 3.05) is 13.7 Å². The van der Waals surface area contributed by atoms with Crippen molar-refractivity contribution < 1.29 is 19.2 Å². The number of ether oxygens (including phenoxy) is 2. The van der Waals surface area contributed by atoms with E-state index in [0.717, 1.165) is 11.1 Å². The second-order valence-electron chi connectivity index (χ2n) is 6.01. The van der Waals surface area contributed by atoms with Crippen molar-refractivity contribution in [1.29, 1.82) is 0 Å². The predicted octanol–water partition coefficient (Wildman–Crippen LogP) is 3.48. The van der Waals surface area contributed by atoms with Crippen molar-refractivity contribution in [3.8, 4) is 11.5 Å². The van der Waals surface area contributed by atoms with Crippen LogP contribution < -0.4 is 14.8 Å². The van der Waals surface area contributed by atoms with Gasteiger partial charge in [0.2, 0.25) is 0 Å². The van der Waals surface area contributed by atoms with Gasteiger partial charge in [-0.15, -0.1) is 0 Å². The Morgan fingerprint density at radius 1 is 1.19 bits per heavy atom. The molecule has 0 fully saturated rings. The predicted molar refractivity (Wildman–Crippen MR) is 97.6 cm³/mol. The Morgan fingerprint density at radius 2 is 1.92 bits per heavy atom. The van der Waals surface area contributed by atoms with Crippen molar-refractivity contribution >= 4 is 11.6 Å². The highest BCUT2D eigenvalue weighted by Crippen LogP contribution is 2.31. The van der Waals surface area contributed by atoms with Crippen LogP contribution in [0, 0.1) is 24.0 Å². The summed E-state index contributed by atoms with van der Waals surface area (Å²) < 4.78 is 10.3. The molecule has 0 aliphatic rings. The zero-order chi connectivity index (χ0) is 19.3. The molecule has 1 N–H and O–H groups in total. The molecule has 2 aromatic carbocycles. The highest BCUT2D eigenvalue weighted by Gasteiger charge is 2.18. The van der Waals surface area contributed by atoms with Gasteiger partial charge >= 0.3 is 5.69 Å². The Hall–Kier alpha value is -3.09. The number of amides is 1. The smallest absolute Gasteiger partial charge is 0.314 e. The van der Waals surface area contributed by atoms with Crippen LogP contribution in [0.5, 0.6) is 11.5 Å². The van der Waals surface area contributed by atoms with Crippen LogP contribution in [-0.2, 0) is 4.79 Å². The summed E-state index contributed by atoms with van der Waals surface area (Å²) in [6.07, 6.45) is 0. The number of benzene rings is 2. The molecular formula is C19H22N2O5. The maximum absolute atomic E-state index is 12.1. The van der Waals surface area contributed by atoms with Crippen LogP contribution in [-0.4, -0.2) is 24.5 Å². The molecule has 0 saturated carbocycles. The molecule has 1 atom stereocenters. The van der Waals surface area contributed by atoms with Gasteiger partial charge in [0.15, 0.2) is 12.4 Å². The summed E-state index contributed by atoms with van der Waals surface area (Å²) in [5, 5.41) is 14.0. The topological polar surface area (TPSA) is 90.7 Å². The van der Waals surface area contributed by atoms with E-state index >= 15 is 0 Å². The second-order valence-corrected chi connectivity index (χ2v) is 6.01. The summed E-state index contributed by atoms with van der Waals surface area (Å²) in [4.78, 5) is 22.7. The monoisotopic (exact) mass is 358 g/mol. The van der Waals surface area contributed by atoms with Gasteiger partial charge in [-0.25, -0.2) is 0 Å². The molecule has 7 nitrogen and oxygen atoms in total. The average Bonchev–Trinajstić information content (AvgIpc) is 2.61. The van der Waals surface area contributed by atoms with Crippen molar-refractivity contribution in [3.63, 3.8) is 0 Å². The van der Waals surface area contributed by atoms with Crippen LogP contribution in [0.1, 0.15) is 29.7 Å². The Bertz CT molecular complexity index is 820. The lowest BCUT2D eigenvalue weighted by Gasteiger charge is -2.16. The van der Waals surface area contributed by atoms with Gasteiger partial charge in [0, 0.05) is 0 Å². The molecular weight excluding hydrogens is 336 g/mol. The fraction of sp³-hybridized carbons (Fsp3) is 0.316. The van der Waals surface area contributed by atoms with E-state index in [0.29, 0.717) is 5.75 Å². The Labute approximate surface area is 152 Å². The first-order valence-electron chi connectivity index (χ1n) is 8.13. The summed E-state index contributed by atoms with van der Waals surface area (Å²) in [6.45, 7) is 5.59. The second kappa shape index (κ2) is 8.33. The molecule has 0 aromatic heterocycles. The van der Waals surface area contributed by atoms with E-state index in [1.165, 1.54) is 30.9 Å². The molecule has 0 unspecified atom stereocenters. The van der Waals surface area contributed by atoms with Crippen LogP contribution in [0.4, 0.5) is 5.69 Å². The minimum Gasteiger partial charge on any atom is -0.496 e. The molecule has 1 amide bonds. The highest BCUT2D eigenvalue weighted by molar-refractivity contribution is 5.78. The van der Waals surface area contributed by atoms with E-state index in [1.54, 1.807) is 0 Å². The maximum atomic E-state index is 12.1. The van der Waals surface area contributed by atoms with Gasteiger partial charge < -0.3 is 14.8 Å². The standard InChI is InChI=1S/C19H22N2O5/c1-12-5-6-15(9-13(12)2)14(3)20-19(22)11-26-18-8-7-16(25-4)10-17(18)21(23)24/h5-10,14H,11H2,1-4H3,(H,20,22)/t14-/m0/s1. The summed E-state index contributed by atoms with van der Waals surface area (Å²) in [5.74, 6) is 0.00231. The van der Waals surface area contributed by atoms with E-state index in [1.807, 2.05) is 39.0 Å². The molecule has 0 bridgehead atoms. The lowest BCUT2D eigenvalue weighted by molar-refractivity contribution is -0.385. The molecule has 0 radical (unpaired) electrons. The number of aryl methyl sites for hydroxylation is 2. The first-order chi connectivity index (χ1) is 12.3. The molecule has 0 aliphatic carbocycles. The zero-order valence-electron chi connectivity index (χ0n) is 15.2. The third kappa shape index (κ3) is 4.72. The van der Waals surface area contributed by atoms with Crippen LogP contribution in [0.3, 0.4) is 0 Å². The number of nitrogens with zero attached hydrogens (tertiary/aromatic N) is 1. The zero-order valence-corrected chi connectivity index (χ0v) is 15.2. The SMILES string of the molecule is COc1ccc(OCC(=O)N[C@@H](C)c2ccc(C)c(C)c2)c([N+](=O)[O-])c1. The third-order valence-corrected chi connectivity index (χ3v) is 4.13. The fourth-order valence-electron chi connectivity index (χ4n) is 2.43. The van der Waals surface area contributed by atoms with Gasteiger partial charge in [-0.05, 0) is 49.6 Å². The first kappa shape index (κ1) is 19.2. The summed E-state index contributed by atoms with van der Waals surface area (Å²) >= 11 is 0. The van der Waals surface area contributed by atoms with Gasteiger partial charge in [-0.2, -0.15) is 0 Å². The fourth-order valence-corrected chi connectivity index (χ4v) is 2.43. The van der Waals surface area contributed by atoms with Crippen LogP contribution in [0.2, 0.25) is 0 Å².